The third kappa shape index (κ3) is 5.23. The molecular formula is C21H24N2O4. The molecule has 1 aliphatic rings. The number of hydrogen-bond donors (Lipinski definition) is 2. The summed E-state index contributed by atoms with van der Waals surface area (Å²) in [6.45, 7) is 4.43. The van der Waals surface area contributed by atoms with Crippen LogP contribution in [0.4, 0.5) is 0 Å². The maximum atomic E-state index is 12.2. The van der Waals surface area contributed by atoms with E-state index in [9.17, 15) is 9.59 Å². The zero-order chi connectivity index (χ0) is 19.2. The number of benzene rings is 2. The zero-order valence-electron chi connectivity index (χ0n) is 15.5. The number of hydrogen-bond acceptors (Lipinski definition) is 4. The summed E-state index contributed by atoms with van der Waals surface area (Å²) in [6, 6.07) is 15.1. The molecule has 2 aromatic carbocycles. The highest BCUT2D eigenvalue weighted by Gasteiger charge is 2.27. The molecule has 2 aromatic rings. The summed E-state index contributed by atoms with van der Waals surface area (Å²) in [5.74, 6) is 0.956. The largest absolute Gasteiger partial charge is 0.485 e. The number of nitrogens with one attached hydrogen (secondary N) is 2. The Morgan fingerprint density at radius 2 is 1.67 bits per heavy atom. The first-order valence-electron chi connectivity index (χ1n) is 9.06. The number of para-hydroxylation sites is 2. The molecule has 3 rings (SSSR count). The molecule has 6 nitrogen and oxygen atoms in total. The lowest BCUT2D eigenvalue weighted by Crippen LogP contribution is -2.51. The minimum absolute atomic E-state index is 0.0933. The molecule has 1 heterocycles. The van der Waals surface area contributed by atoms with Gasteiger partial charge in [-0.05, 0) is 35.6 Å². The second-order valence-electron chi connectivity index (χ2n) is 6.99. The summed E-state index contributed by atoms with van der Waals surface area (Å²) in [5.41, 5.74) is 6.96. The highest BCUT2D eigenvalue weighted by molar-refractivity contribution is 5.86. The fourth-order valence-corrected chi connectivity index (χ4v) is 2.85. The van der Waals surface area contributed by atoms with E-state index in [0.717, 1.165) is 12.0 Å². The van der Waals surface area contributed by atoms with Crippen LogP contribution in [-0.2, 0) is 22.4 Å². The molecule has 0 aromatic heterocycles. The Labute approximate surface area is 158 Å². The molecule has 0 bridgehead atoms. The van der Waals surface area contributed by atoms with Gasteiger partial charge < -0.3 is 9.47 Å². The Morgan fingerprint density at radius 3 is 2.37 bits per heavy atom. The van der Waals surface area contributed by atoms with Crippen LogP contribution in [0.3, 0.4) is 0 Å². The van der Waals surface area contributed by atoms with Crippen LogP contribution in [0, 0.1) is 5.92 Å². The molecule has 0 saturated carbocycles. The Hall–Kier alpha value is -3.02. The second kappa shape index (κ2) is 8.58. The van der Waals surface area contributed by atoms with Crippen LogP contribution < -0.4 is 20.3 Å². The predicted molar refractivity (Wildman–Crippen MR) is 101 cm³/mol. The van der Waals surface area contributed by atoms with E-state index in [2.05, 4.69) is 24.7 Å². The number of carbonyl (C=O) groups is 2. The van der Waals surface area contributed by atoms with Crippen LogP contribution in [0.15, 0.2) is 48.5 Å². The van der Waals surface area contributed by atoms with Crippen molar-refractivity contribution in [3.8, 4) is 11.5 Å². The number of rotatable bonds is 5. The fourth-order valence-electron chi connectivity index (χ4n) is 2.85. The van der Waals surface area contributed by atoms with E-state index in [1.54, 1.807) is 18.2 Å². The molecule has 1 atom stereocenters. The van der Waals surface area contributed by atoms with Crippen LogP contribution in [0.1, 0.15) is 25.0 Å². The van der Waals surface area contributed by atoms with Crippen molar-refractivity contribution in [1.29, 1.82) is 0 Å². The maximum absolute atomic E-state index is 12.2. The molecular weight excluding hydrogens is 344 g/mol. The predicted octanol–water partition coefficient (Wildman–Crippen LogP) is 2.42. The van der Waals surface area contributed by atoms with Gasteiger partial charge in [-0.3, -0.25) is 20.4 Å². The van der Waals surface area contributed by atoms with Gasteiger partial charge in [0.15, 0.2) is 11.5 Å². The Morgan fingerprint density at radius 1 is 1.00 bits per heavy atom. The van der Waals surface area contributed by atoms with Crippen molar-refractivity contribution in [2.45, 2.75) is 32.8 Å². The number of carbonyl (C=O) groups excluding carboxylic acids is 2. The maximum Gasteiger partial charge on any atom is 0.283 e. The summed E-state index contributed by atoms with van der Waals surface area (Å²) < 4.78 is 11.1. The average Bonchev–Trinajstić information content (AvgIpc) is 2.67. The van der Waals surface area contributed by atoms with Gasteiger partial charge in [0.1, 0.15) is 6.61 Å². The molecule has 1 unspecified atom stereocenters. The fraction of sp³-hybridized carbons (Fsp3) is 0.333. The van der Waals surface area contributed by atoms with E-state index in [1.165, 1.54) is 5.56 Å². The minimum atomic E-state index is -0.810. The molecule has 2 amide bonds. The van der Waals surface area contributed by atoms with E-state index in [1.807, 2.05) is 30.3 Å². The standard InChI is InChI=1S/C21H24N2O4/c1-14(2)11-15-7-9-16(10-8-15)12-20(24)22-23-21(25)19-13-26-17-5-3-4-6-18(17)27-19/h3-10,14,19H,11-13H2,1-2H3,(H,22,24)(H,23,25). The topological polar surface area (TPSA) is 76.7 Å². The van der Waals surface area contributed by atoms with Crippen LogP contribution in [0.25, 0.3) is 0 Å². The van der Waals surface area contributed by atoms with Gasteiger partial charge in [-0.25, -0.2) is 0 Å². The van der Waals surface area contributed by atoms with Crippen molar-refractivity contribution in [1.82, 2.24) is 10.9 Å². The molecule has 6 heteroatoms. The average molecular weight is 368 g/mol. The molecule has 142 valence electrons. The lowest BCUT2D eigenvalue weighted by Gasteiger charge is -2.25. The highest BCUT2D eigenvalue weighted by Crippen LogP contribution is 2.30. The molecule has 0 aliphatic carbocycles. The lowest BCUT2D eigenvalue weighted by molar-refractivity contribution is -0.134. The monoisotopic (exact) mass is 368 g/mol. The Bertz CT molecular complexity index is 802. The number of amides is 2. The summed E-state index contributed by atoms with van der Waals surface area (Å²) in [7, 11) is 0. The van der Waals surface area contributed by atoms with Gasteiger partial charge >= 0.3 is 0 Å². The Kier molecular flexibility index (Phi) is 5.96. The third-order valence-electron chi connectivity index (χ3n) is 4.16. The zero-order valence-corrected chi connectivity index (χ0v) is 15.5. The molecule has 0 radical (unpaired) electrons. The quantitative estimate of drug-likeness (QED) is 0.795. The van der Waals surface area contributed by atoms with E-state index in [0.29, 0.717) is 17.4 Å². The van der Waals surface area contributed by atoms with Crippen LogP contribution >= 0.6 is 0 Å². The minimum Gasteiger partial charge on any atom is -0.485 e. The summed E-state index contributed by atoms with van der Waals surface area (Å²) in [6.07, 6.45) is 0.387. The van der Waals surface area contributed by atoms with Crippen molar-refractivity contribution in [2.24, 2.45) is 5.92 Å². The van der Waals surface area contributed by atoms with Crippen LogP contribution in [0.5, 0.6) is 11.5 Å². The molecule has 0 fully saturated rings. The third-order valence-corrected chi connectivity index (χ3v) is 4.16. The molecule has 0 spiro atoms. The van der Waals surface area contributed by atoms with Crippen molar-refractivity contribution in [3.05, 3.63) is 59.7 Å². The van der Waals surface area contributed by atoms with Crippen molar-refractivity contribution < 1.29 is 19.1 Å². The number of ether oxygens (including phenoxy) is 2. The summed E-state index contributed by atoms with van der Waals surface area (Å²) >= 11 is 0. The Balaban J connectivity index is 1.46. The van der Waals surface area contributed by atoms with E-state index in [4.69, 9.17) is 9.47 Å². The summed E-state index contributed by atoms with van der Waals surface area (Å²) in [4.78, 5) is 24.2. The number of fused-ring (bicyclic) bond motifs is 1. The first-order chi connectivity index (χ1) is 13.0. The molecule has 2 N–H and O–H groups in total. The van der Waals surface area contributed by atoms with Crippen molar-refractivity contribution >= 4 is 11.8 Å². The second-order valence-corrected chi connectivity index (χ2v) is 6.99. The van der Waals surface area contributed by atoms with Gasteiger partial charge in [0.2, 0.25) is 12.0 Å². The molecule has 1 aliphatic heterocycles. The van der Waals surface area contributed by atoms with Gasteiger partial charge in [-0.15, -0.1) is 0 Å². The van der Waals surface area contributed by atoms with Gasteiger partial charge in [-0.1, -0.05) is 50.2 Å². The van der Waals surface area contributed by atoms with E-state index in [-0.39, 0.29) is 18.9 Å². The lowest BCUT2D eigenvalue weighted by atomic mass is 10.0. The van der Waals surface area contributed by atoms with Crippen LogP contribution in [0.2, 0.25) is 0 Å². The molecule has 27 heavy (non-hydrogen) atoms. The van der Waals surface area contributed by atoms with Crippen LogP contribution in [-0.4, -0.2) is 24.5 Å². The smallest absolute Gasteiger partial charge is 0.283 e. The van der Waals surface area contributed by atoms with Crippen molar-refractivity contribution in [2.75, 3.05) is 6.61 Å². The molecule has 0 saturated heterocycles. The first-order valence-corrected chi connectivity index (χ1v) is 9.06. The van der Waals surface area contributed by atoms with Gasteiger partial charge in [0.25, 0.3) is 5.91 Å². The highest BCUT2D eigenvalue weighted by atomic mass is 16.6. The normalized spacial score (nSPS) is 15.3. The SMILES string of the molecule is CC(C)Cc1ccc(CC(=O)NNC(=O)C2COc3ccccc3O2)cc1. The number of hydrazine groups is 1. The van der Waals surface area contributed by atoms with E-state index < -0.39 is 12.0 Å². The van der Waals surface area contributed by atoms with Gasteiger partial charge in [0, 0.05) is 0 Å². The van der Waals surface area contributed by atoms with Gasteiger partial charge in [-0.2, -0.15) is 0 Å². The van der Waals surface area contributed by atoms with Gasteiger partial charge in [0.05, 0.1) is 6.42 Å². The summed E-state index contributed by atoms with van der Waals surface area (Å²) in [5, 5.41) is 0. The van der Waals surface area contributed by atoms with Crippen molar-refractivity contribution in [3.63, 3.8) is 0 Å². The first kappa shape index (κ1) is 18.8. The van der Waals surface area contributed by atoms with E-state index >= 15 is 0 Å².